The van der Waals surface area contributed by atoms with Crippen LogP contribution in [0, 0.1) is 11.8 Å². The van der Waals surface area contributed by atoms with E-state index in [0.717, 1.165) is 0 Å². The van der Waals surface area contributed by atoms with E-state index in [1.165, 1.54) is 0 Å². The molecule has 3 N–H and O–H groups in total. The van der Waals surface area contributed by atoms with E-state index < -0.39 is 17.8 Å². The summed E-state index contributed by atoms with van der Waals surface area (Å²) in [7, 11) is 0. The number of rotatable bonds is 6. The number of aliphatic carboxylic acids is 1. The van der Waals surface area contributed by atoms with E-state index in [1.807, 2.05) is 6.92 Å². The minimum absolute atomic E-state index is 0.0429. The zero-order valence-electron chi connectivity index (χ0n) is 12.9. The number of hydrogen-bond acceptors (Lipinski definition) is 4. The van der Waals surface area contributed by atoms with Gasteiger partial charge in [0.05, 0.1) is 18.9 Å². The van der Waals surface area contributed by atoms with Crippen molar-refractivity contribution in [3.8, 4) is 5.75 Å². The summed E-state index contributed by atoms with van der Waals surface area (Å²) in [5, 5.41) is 9.07. The van der Waals surface area contributed by atoms with Gasteiger partial charge in [-0.25, -0.2) is 0 Å². The van der Waals surface area contributed by atoms with Gasteiger partial charge >= 0.3 is 5.97 Å². The first-order valence-corrected chi connectivity index (χ1v) is 7.41. The Kier molecular flexibility index (Phi) is 5.20. The van der Waals surface area contributed by atoms with Crippen LogP contribution in [0.15, 0.2) is 24.3 Å². The van der Waals surface area contributed by atoms with Crippen molar-refractivity contribution in [2.45, 2.75) is 13.3 Å². The van der Waals surface area contributed by atoms with Gasteiger partial charge in [0.2, 0.25) is 11.8 Å². The minimum Gasteiger partial charge on any atom is -0.493 e. The number of likely N-dealkylation sites (tertiary alicyclic amines) is 1. The standard InChI is InChI=1S/C16H20N2O5/c1-10-8-18(9-13(10)16(21)22)14(19)6-7-23-12-4-2-11(3-5-12)15(17)20/h2-5,10,13H,6-9H2,1H3,(H2,17,20)(H,21,22)/t10-,13-/m1/s1. The molecule has 1 aromatic rings. The summed E-state index contributed by atoms with van der Waals surface area (Å²) in [5.74, 6) is -1.49. The lowest BCUT2D eigenvalue weighted by atomic mass is 9.99. The maximum atomic E-state index is 12.1. The van der Waals surface area contributed by atoms with E-state index in [9.17, 15) is 14.4 Å². The number of hydrogen-bond donors (Lipinski definition) is 2. The lowest BCUT2D eigenvalue weighted by molar-refractivity contribution is -0.142. The number of nitrogens with two attached hydrogens (primary N) is 1. The molecule has 1 aliphatic heterocycles. The molecule has 23 heavy (non-hydrogen) atoms. The zero-order chi connectivity index (χ0) is 17.0. The highest BCUT2D eigenvalue weighted by atomic mass is 16.5. The molecule has 2 atom stereocenters. The Labute approximate surface area is 134 Å². The largest absolute Gasteiger partial charge is 0.493 e. The molecule has 0 spiro atoms. The molecule has 124 valence electrons. The van der Waals surface area contributed by atoms with Crippen LogP contribution in [0.5, 0.6) is 5.75 Å². The molecule has 7 nitrogen and oxygen atoms in total. The number of carboxylic acid groups (broad SMARTS) is 1. The fourth-order valence-electron chi connectivity index (χ4n) is 2.62. The molecule has 0 saturated carbocycles. The van der Waals surface area contributed by atoms with Crippen LogP contribution in [-0.2, 0) is 9.59 Å². The highest BCUT2D eigenvalue weighted by Crippen LogP contribution is 2.23. The number of carbonyl (C=O) groups is 3. The second-order valence-corrected chi connectivity index (χ2v) is 5.71. The fourth-order valence-corrected chi connectivity index (χ4v) is 2.62. The van der Waals surface area contributed by atoms with Crippen molar-refractivity contribution in [2.75, 3.05) is 19.7 Å². The lowest BCUT2D eigenvalue weighted by Crippen LogP contribution is -2.30. The predicted octanol–water partition coefficient (Wildman–Crippen LogP) is 0.733. The molecule has 1 saturated heterocycles. The van der Waals surface area contributed by atoms with E-state index in [2.05, 4.69) is 0 Å². The van der Waals surface area contributed by atoms with Crippen molar-refractivity contribution in [1.29, 1.82) is 0 Å². The molecule has 0 aromatic heterocycles. The Balaban J connectivity index is 1.79. The van der Waals surface area contributed by atoms with Gasteiger partial charge in [0, 0.05) is 18.7 Å². The highest BCUT2D eigenvalue weighted by molar-refractivity contribution is 5.92. The minimum atomic E-state index is -0.862. The smallest absolute Gasteiger partial charge is 0.308 e. The Morgan fingerprint density at radius 2 is 1.91 bits per heavy atom. The van der Waals surface area contributed by atoms with Crippen LogP contribution in [0.25, 0.3) is 0 Å². The van der Waals surface area contributed by atoms with Gasteiger partial charge in [-0.15, -0.1) is 0 Å². The second-order valence-electron chi connectivity index (χ2n) is 5.71. The molecule has 7 heteroatoms. The van der Waals surface area contributed by atoms with E-state index in [0.29, 0.717) is 17.9 Å². The van der Waals surface area contributed by atoms with Crippen molar-refractivity contribution in [2.24, 2.45) is 17.6 Å². The van der Waals surface area contributed by atoms with Gasteiger partial charge in [-0.1, -0.05) is 6.92 Å². The number of benzene rings is 1. The molecule has 2 rings (SSSR count). The van der Waals surface area contributed by atoms with Gasteiger partial charge in [-0.05, 0) is 30.2 Å². The number of ether oxygens (including phenoxy) is 1. The Bertz CT molecular complexity index is 599. The maximum Gasteiger partial charge on any atom is 0.308 e. The number of primary amides is 1. The van der Waals surface area contributed by atoms with Crippen molar-refractivity contribution in [3.63, 3.8) is 0 Å². The quantitative estimate of drug-likeness (QED) is 0.803. The molecule has 1 fully saturated rings. The summed E-state index contributed by atoms with van der Waals surface area (Å²) < 4.78 is 5.46. The van der Waals surface area contributed by atoms with Crippen LogP contribution >= 0.6 is 0 Å². The SMILES string of the molecule is C[C@@H]1CN(C(=O)CCOc2ccc(C(N)=O)cc2)C[C@H]1C(=O)O. The number of carbonyl (C=O) groups excluding carboxylic acids is 2. The second kappa shape index (κ2) is 7.13. The number of nitrogens with zero attached hydrogens (tertiary/aromatic N) is 1. The first-order chi connectivity index (χ1) is 10.9. The van der Waals surface area contributed by atoms with E-state index >= 15 is 0 Å². The first kappa shape index (κ1) is 16.8. The lowest BCUT2D eigenvalue weighted by Gasteiger charge is -2.16. The summed E-state index contributed by atoms with van der Waals surface area (Å²) in [6.07, 6.45) is 0.177. The monoisotopic (exact) mass is 320 g/mol. The summed E-state index contributed by atoms with van der Waals surface area (Å²) in [6.45, 7) is 2.74. The van der Waals surface area contributed by atoms with Gasteiger partial charge in [0.25, 0.3) is 0 Å². The van der Waals surface area contributed by atoms with Gasteiger partial charge in [-0.3, -0.25) is 14.4 Å². The van der Waals surface area contributed by atoms with E-state index in [4.69, 9.17) is 15.6 Å². The van der Waals surface area contributed by atoms with Gasteiger partial charge in [0.1, 0.15) is 5.75 Å². The normalized spacial score (nSPS) is 20.3. The molecular weight excluding hydrogens is 300 g/mol. The first-order valence-electron chi connectivity index (χ1n) is 7.41. The molecule has 1 aliphatic rings. The predicted molar refractivity (Wildman–Crippen MR) is 81.9 cm³/mol. The number of carboxylic acids is 1. The molecule has 0 radical (unpaired) electrons. The van der Waals surface area contributed by atoms with Gasteiger partial charge in [-0.2, -0.15) is 0 Å². The average molecular weight is 320 g/mol. The molecule has 1 aromatic carbocycles. The Morgan fingerprint density at radius 3 is 2.43 bits per heavy atom. The van der Waals surface area contributed by atoms with Crippen molar-refractivity contribution in [3.05, 3.63) is 29.8 Å². The van der Waals surface area contributed by atoms with Crippen LogP contribution in [0.2, 0.25) is 0 Å². The average Bonchev–Trinajstić information content (AvgIpc) is 2.90. The fraction of sp³-hybridized carbons (Fsp3) is 0.438. The third-order valence-corrected chi connectivity index (χ3v) is 4.01. The molecule has 1 heterocycles. The van der Waals surface area contributed by atoms with Gasteiger partial charge in [0.15, 0.2) is 0 Å². The third kappa shape index (κ3) is 4.21. The number of amides is 2. The Morgan fingerprint density at radius 1 is 1.26 bits per heavy atom. The zero-order valence-corrected chi connectivity index (χ0v) is 12.9. The highest BCUT2D eigenvalue weighted by Gasteiger charge is 2.36. The summed E-state index contributed by atoms with van der Waals surface area (Å²) in [4.78, 5) is 35.7. The molecular formula is C16H20N2O5. The summed E-state index contributed by atoms with van der Waals surface area (Å²) >= 11 is 0. The van der Waals surface area contributed by atoms with Crippen molar-refractivity contribution >= 4 is 17.8 Å². The van der Waals surface area contributed by atoms with Gasteiger partial charge < -0.3 is 20.5 Å². The third-order valence-electron chi connectivity index (χ3n) is 4.01. The summed E-state index contributed by atoms with van der Waals surface area (Å²) in [6, 6.07) is 6.34. The molecule has 0 bridgehead atoms. The van der Waals surface area contributed by atoms with Crippen LogP contribution in [0.3, 0.4) is 0 Å². The van der Waals surface area contributed by atoms with Crippen molar-refractivity contribution < 1.29 is 24.2 Å². The van der Waals surface area contributed by atoms with Crippen molar-refractivity contribution in [1.82, 2.24) is 4.90 Å². The van der Waals surface area contributed by atoms with E-state index in [-0.39, 0.29) is 31.4 Å². The molecule has 0 aliphatic carbocycles. The van der Waals surface area contributed by atoms with Crippen LogP contribution in [0.1, 0.15) is 23.7 Å². The van der Waals surface area contributed by atoms with E-state index in [1.54, 1.807) is 29.2 Å². The topological polar surface area (TPSA) is 110 Å². The summed E-state index contributed by atoms with van der Waals surface area (Å²) in [5.41, 5.74) is 5.53. The molecule has 0 unspecified atom stereocenters. The van der Waals surface area contributed by atoms with Crippen LogP contribution < -0.4 is 10.5 Å². The Hall–Kier alpha value is -2.57. The van der Waals surface area contributed by atoms with Crippen LogP contribution in [-0.4, -0.2) is 47.5 Å². The maximum absolute atomic E-state index is 12.1. The van der Waals surface area contributed by atoms with Crippen LogP contribution in [0.4, 0.5) is 0 Å². The molecule has 2 amide bonds.